The van der Waals surface area contributed by atoms with Gasteiger partial charge < -0.3 is 15.3 Å². The first-order valence-electron chi connectivity index (χ1n) is 12.6. The van der Waals surface area contributed by atoms with E-state index in [0.717, 1.165) is 17.0 Å². The van der Waals surface area contributed by atoms with Gasteiger partial charge in [0.25, 0.3) is 0 Å². The Balaban J connectivity index is 1.48. The van der Waals surface area contributed by atoms with Crippen molar-refractivity contribution in [3.63, 3.8) is 0 Å². The number of fused-ring (bicyclic) bond motifs is 3. The van der Waals surface area contributed by atoms with Crippen LogP contribution in [0.3, 0.4) is 0 Å². The molecule has 9 nitrogen and oxygen atoms in total. The number of benzene rings is 2. The first kappa shape index (κ1) is 25.9. The average Bonchev–Trinajstić information content (AvgIpc) is 3.17. The lowest BCUT2D eigenvalue weighted by atomic mass is 9.59. The van der Waals surface area contributed by atoms with Gasteiger partial charge in [-0.05, 0) is 62.1 Å². The quantitative estimate of drug-likeness (QED) is 0.268. The number of Topliss-reactive ketones (excluding diaryl/α,β-unsaturated/α-hetero) is 1. The molecule has 2 aromatic rings. The predicted octanol–water partition coefficient (Wildman–Crippen LogP) is 4.19. The van der Waals surface area contributed by atoms with Crippen LogP contribution in [0.5, 0.6) is 11.5 Å². The third-order valence-electron chi connectivity index (χ3n) is 8.34. The molecule has 2 aromatic carbocycles. The topological polar surface area (TPSA) is 149 Å². The van der Waals surface area contributed by atoms with Gasteiger partial charge in [0.05, 0.1) is 17.5 Å². The van der Waals surface area contributed by atoms with Gasteiger partial charge in [0.2, 0.25) is 11.8 Å². The number of hydrogen-bond donors (Lipinski definition) is 3. The standard InChI is InChI=1S/C30H22BrNO8/c1-12-8-22(34)20-11-18-15(24(26(20)27(12)36)19-9-13(31)2-7-21(19)33)5-6-17-25(18)29(38)32(28(17)37)14-3-4-16(30(39)40)23(35)10-14/h2-5,7-10,17-18,24-25,33,35H,6,11H2,1H3,(H,39,40). The summed E-state index contributed by atoms with van der Waals surface area (Å²) < 4.78 is 0.656. The second kappa shape index (κ2) is 9.12. The van der Waals surface area contributed by atoms with E-state index in [1.54, 1.807) is 19.1 Å². The molecule has 0 radical (unpaired) electrons. The van der Waals surface area contributed by atoms with Gasteiger partial charge in [-0.25, -0.2) is 9.69 Å². The van der Waals surface area contributed by atoms with Crippen LogP contribution in [0.2, 0.25) is 0 Å². The van der Waals surface area contributed by atoms with Crippen LogP contribution in [0.4, 0.5) is 5.69 Å². The zero-order chi connectivity index (χ0) is 28.6. The van der Waals surface area contributed by atoms with Gasteiger partial charge in [-0.2, -0.15) is 0 Å². The lowest BCUT2D eigenvalue weighted by Crippen LogP contribution is -2.39. The Kier molecular flexibility index (Phi) is 5.92. The molecule has 1 heterocycles. The van der Waals surface area contributed by atoms with Crippen molar-refractivity contribution in [1.82, 2.24) is 0 Å². The number of ketones is 2. The first-order chi connectivity index (χ1) is 19.0. The number of rotatable bonds is 3. The van der Waals surface area contributed by atoms with E-state index in [1.165, 1.54) is 18.2 Å². The van der Waals surface area contributed by atoms with Crippen LogP contribution in [0.15, 0.2) is 75.3 Å². The van der Waals surface area contributed by atoms with E-state index in [2.05, 4.69) is 15.9 Å². The van der Waals surface area contributed by atoms with Crippen molar-refractivity contribution in [3.8, 4) is 11.5 Å². The van der Waals surface area contributed by atoms with E-state index in [-0.39, 0.29) is 52.6 Å². The summed E-state index contributed by atoms with van der Waals surface area (Å²) in [5, 5.41) is 30.3. The Labute approximate surface area is 236 Å². The molecule has 4 atom stereocenters. The van der Waals surface area contributed by atoms with Crippen molar-refractivity contribution in [1.29, 1.82) is 0 Å². The van der Waals surface area contributed by atoms with E-state index in [0.29, 0.717) is 21.2 Å². The summed E-state index contributed by atoms with van der Waals surface area (Å²) >= 11 is 3.42. The van der Waals surface area contributed by atoms with Gasteiger partial charge in [0, 0.05) is 38.7 Å². The van der Waals surface area contributed by atoms with Crippen LogP contribution >= 0.6 is 15.9 Å². The number of anilines is 1. The fourth-order valence-electron chi connectivity index (χ4n) is 6.57. The molecule has 2 amide bonds. The van der Waals surface area contributed by atoms with Crippen molar-refractivity contribution >= 4 is 51.0 Å². The summed E-state index contributed by atoms with van der Waals surface area (Å²) in [5.41, 5.74) is 1.63. The molecule has 0 saturated carbocycles. The number of phenols is 2. The molecule has 40 heavy (non-hydrogen) atoms. The molecule has 3 N–H and O–H groups in total. The average molecular weight is 604 g/mol. The Bertz CT molecular complexity index is 1680. The Morgan fingerprint density at radius 3 is 2.42 bits per heavy atom. The summed E-state index contributed by atoms with van der Waals surface area (Å²) in [7, 11) is 0. The zero-order valence-corrected chi connectivity index (χ0v) is 22.6. The molecule has 1 aliphatic heterocycles. The number of carboxylic acid groups (broad SMARTS) is 1. The van der Waals surface area contributed by atoms with Gasteiger partial charge in [-0.3, -0.25) is 19.2 Å². The lowest BCUT2D eigenvalue weighted by Gasteiger charge is -2.42. The third kappa shape index (κ3) is 3.70. The van der Waals surface area contributed by atoms with Crippen molar-refractivity contribution in [2.24, 2.45) is 17.8 Å². The Hall–Kier alpha value is -4.31. The smallest absolute Gasteiger partial charge is 0.339 e. The maximum absolute atomic E-state index is 13.9. The van der Waals surface area contributed by atoms with Crippen LogP contribution in [0.25, 0.3) is 0 Å². The highest BCUT2D eigenvalue weighted by Gasteiger charge is 2.57. The number of allylic oxidation sites excluding steroid dienone is 6. The number of aromatic carboxylic acids is 1. The highest BCUT2D eigenvalue weighted by atomic mass is 79.9. The monoisotopic (exact) mass is 603 g/mol. The second-order valence-corrected chi connectivity index (χ2v) is 11.4. The number of carboxylic acids is 1. The van der Waals surface area contributed by atoms with Crippen LogP contribution < -0.4 is 4.90 Å². The normalized spacial score (nSPS) is 25.8. The number of carbonyl (C=O) groups excluding carboxylic acids is 4. The summed E-state index contributed by atoms with van der Waals surface area (Å²) in [6.45, 7) is 1.57. The maximum atomic E-state index is 13.9. The second-order valence-electron chi connectivity index (χ2n) is 10.5. The minimum Gasteiger partial charge on any atom is -0.508 e. The van der Waals surface area contributed by atoms with Crippen molar-refractivity contribution in [2.45, 2.75) is 25.7 Å². The number of hydrogen-bond acceptors (Lipinski definition) is 7. The molecule has 1 fully saturated rings. The Morgan fingerprint density at radius 1 is 0.975 bits per heavy atom. The fourth-order valence-corrected chi connectivity index (χ4v) is 6.95. The van der Waals surface area contributed by atoms with Gasteiger partial charge in [0.15, 0.2) is 11.6 Å². The summed E-state index contributed by atoms with van der Waals surface area (Å²) in [6.07, 6.45) is 3.40. The van der Waals surface area contributed by atoms with E-state index in [4.69, 9.17) is 0 Å². The molecule has 4 aliphatic rings. The molecule has 1 saturated heterocycles. The molecule has 10 heteroatoms. The van der Waals surface area contributed by atoms with Crippen LogP contribution in [-0.2, 0) is 19.2 Å². The summed E-state index contributed by atoms with van der Waals surface area (Å²) in [4.78, 5) is 66.4. The van der Waals surface area contributed by atoms with E-state index >= 15 is 0 Å². The number of aromatic hydroxyl groups is 2. The van der Waals surface area contributed by atoms with Gasteiger partial charge in [0.1, 0.15) is 17.1 Å². The van der Waals surface area contributed by atoms with Gasteiger partial charge in [-0.15, -0.1) is 0 Å². The van der Waals surface area contributed by atoms with Gasteiger partial charge in [-0.1, -0.05) is 27.6 Å². The molecule has 202 valence electrons. The van der Waals surface area contributed by atoms with E-state index < -0.39 is 47.2 Å². The zero-order valence-electron chi connectivity index (χ0n) is 21.1. The molecule has 3 aliphatic carbocycles. The molecular weight excluding hydrogens is 582 g/mol. The largest absolute Gasteiger partial charge is 0.508 e. The molecule has 6 rings (SSSR count). The molecule has 0 bridgehead atoms. The van der Waals surface area contributed by atoms with E-state index in [1.807, 2.05) is 6.08 Å². The molecule has 0 aromatic heterocycles. The third-order valence-corrected chi connectivity index (χ3v) is 8.83. The number of carbonyl (C=O) groups is 5. The highest BCUT2D eigenvalue weighted by Crippen LogP contribution is 2.56. The Morgan fingerprint density at radius 2 is 1.73 bits per heavy atom. The van der Waals surface area contributed by atoms with Crippen molar-refractivity contribution in [3.05, 3.63) is 86.4 Å². The van der Waals surface area contributed by atoms with E-state index in [9.17, 15) is 39.3 Å². The molecule has 4 unspecified atom stereocenters. The minimum atomic E-state index is -1.35. The van der Waals surface area contributed by atoms with Crippen LogP contribution in [0, 0.1) is 17.8 Å². The maximum Gasteiger partial charge on any atom is 0.339 e. The van der Waals surface area contributed by atoms with Gasteiger partial charge >= 0.3 is 5.97 Å². The summed E-state index contributed by atoms with van der Waals surface area (Å²) in [6, 6.07) is 8.33. The van der Waals surface area contributed by atoms with Crippen LogP contribution in [0.1, 0.15) is 41.6 Å². The van der Waals surface area contributed by atoms with Crippen LogP contribution in [-0.4, -0.2) is 44.7 Å². The summed E-state index contributed by atoms with van der Waals surface area (Å²) in [5.74, 6) is -6.64. The first-order valence-corrected chi connectivity index (χ1v) is 13.4. The van der Waals surface area contributed by atoms with Crippen molar-refractivity contribution in [2.75, 3.05) is 4.90 Å². The number of phenolic OH excluding ortho intramolecular Hbond substituents is 1. The number of amides is 2. The number of nitrogens with zero attached hydrogens (tertiary/aromatic N) is 1. The fraction of sp³-hybridized carbons (Fsp3) is 0.233. The highest BCUT2D eigenvalue weighted by molar-refractivity contribution is 9.10. The minimum absolute atomic E-state index is 0.0489. The molecular formula is C30H22BrNO8. The molecule has 0 spiro atoms. The lowest BCUT2D eigenvalue weighted by molar-refractivity contribution is -0.123. The number of halogens is 1. The number of imide groups is 1. The van der Waals surface area contributed by atoms with Crippen molar-refractivity contribution < 1.29 is 39.3 Å². The predicted molar refractivity (Wildman–Crippen MR) is 145 cm³/mol. The SMILES string of the molecule is CC1=CC(=O)C2=C(C1=O)C(c1cc(Br)ccc1O)C1=CCC3C(=O)N(c4ccc(C(=O)O)c(O)c4)C(=O)C3C1C2.